The molecule has 0 rings (SSSR count). The Hall–Kier alpha value is 0.830. The summed E-state index contributed by atoms with van der Waals surface area (Å²) < 4.78 is 8.66. The number of hydrogen-bond acceptors (Lipinski definition) is 3. The quantitative estimate of drug-likeness (QED) is 0.320. The molecule has 0 aliphatic rings. The topological polar surface area (TPSA) is 304 Å². The van der Waals surface area contributed by atoms with Crippen molar-refractivity contribution in [3.05, 3.63) is 0 Å². The van der Waals surface area contributed by atoms with Gasteiger partial charge in [-0.15, -0.1) is 0 Å². The third-order valence-corrected chi connectivity index (χ3v) is 0. The molecule has 0 amide bonds. The van der Waals surface area contributed by atoms with Crippen LogP contribution in [-0.2, 0) is 4.57 Å². The maximum absolute atomic E-state index is 8.66. The van der Waals surface area contributed by atoms with E-state index < -0.39 is 7.82 Å². The SMILES string of the molecule is O.O.O.O.O.O.O.O=P([O-])([O-])O.[Na+]. The van der Waals surface area contributed by atoms with Gasteiger partial charge in [0.2, 0.25) is 0 Å². The Labute approximate surface area is 95.1 Å². The molecular formula is H15NaO11P-. The average Bonchev–Trinajstić information content (AvgIpc) is 0.722. The van der Waals surface area contributed by atoms with Crippen LogP contribution >= 0.6 is 7.82 Å². The summed E-state index contributed by atoms with van der Waals surface area (Å²) in [5.41, 5.74) is 0. The Morgan fingerprint density at radius 2 is 0.769 bits per heavy atom. The summed E-state index contributed by atoms with van der Waals surface area (Å²) in [5, 5.41) is 0. The number of rotatable bonds is 0. The fourth-order valence-corrected chi connectivity index (χ4v) is 0. The van der Waals surface area contributed by atoms with Gasteiger partial charge in [-0.2, -0.15) is 0 Å². The van der Waals surface area contributed by atoms with Gasteiger partial charge in [0.1, 0.15) is 0 Å². The van der Waals surface area contributed by atoms with E-state index in [1.54, 1.807) is 0 Å². The van der Waals surface area contributed by atoms with Gasteiger partial charge in [-0.05, 0) is 0 Å². The molecule has 11 nitrogen and oxygen atoms in total. The Kier molecular flexibility index (Phi) is 289. The van der Waals surface area contributed by atoms with E-state index in [4.69, 9.17) is 19.2 Å². The predicted molar refractivity (Wildman–Crippen MR) is 35.1 cm³/mol. The van der Waals surface area contributed by atoms with Gasteiger partial charge in [0.25, 0.3) is 0 Å². The summed E-state index contributed by atoms with van der Waals surface area (Å²) >= 11 is 0. The van der Waals surface area contributed by atoms with Crippen molar-refractivity contribution >= 4 is 7.82 Å². The molecule has 88 valence electrons. The fraction of sp³-hybridized carbons (Fsp3) is 0. The first-order chi connectivity index (χ1) is 2.00. The van der Waals surface area contributed by atoms with Crippen molar-refractivity contribution in [2.45, 2.75) is 0 Å². The van der Waals surface area contributed by atoms with Crippen LogP contribution in [-0.4, -0.2) is 43.2 Å². The van der Waals surface area contributed by atoms with Gasteiger partial charge < -0.3 is 57.6 Å². The fourth-order valence-electron chi connectivity index (χ4n) is 0. The first-order valence-electron chi connectivity index (χ1n) is 0.748. The zero-order valence-electron chi connectivity index (χ0n) is 6.62. The molecule has 0 aromatic rings. The largest absolute Gasteiger partial charge is 1.00 e. The molecular weight excluding hydrogens is 230 g/mol. The molecule has 0 aromatic heterocycles. The summed E-state index contributed by atoms with van der Waals surface area (Å²) in [6.07, 6.45) is 0. The summed E-state index contributed by atoms with van der Waals surface area (Å²) in [4.78, 5) is 24.3. The molecule has 0 atom stereocenters. The molecule has 13 heteroatoms. The van der Waals surface area contributed by atoms with E-state index in [-0.39, 0.29) is 67.9 Å². The zero-order valence-corrected chi connectivity index (χ0v) is 9.51. The van der Waals surface area contributed by atoms with Gasteiger partial charge in [0.05, 0.1) is 7.82 Å². The molecule has 13 heavy (non-hydrogen) atoms. The summed E-state index contributed by atoms with van der Waals surface area (Å²) in [5.74, 6) is 0. The number of phosphoric acid groups is 1. The van der Waals surface area contributed by atoms with Crippen molar-refractivity contribution in [2.75, 3.05) is 0 Å². The van der Waals surface area contributed by atoms with Gasteiger partial charge in [-0.3, -0.25) is 0 Å². The van der Waals surface area contributed by atoms with Crippen LogP contribution in [0.4, 0.5) is 0 Å². The first-order valence-corrected chi connectivity index (χ1v) is 2.24. The smallest absolute Gasteiger partial charge is 0.790 e. The summed E-state index contributed by atoms with van der Waals surface area (Å²) in [6, 6.07) is 0. The molecule has 0 radical (unpaired) electrons. The van der Waals surface area contributed by atoms with Crippen LogP contribution in [0.5, 0.6) is 0 Å². The molecule has 0 bridgehead atoms. The molecule has 0 saturated heterocycles. The van der Waals surface area contributed by atoms with Crippen LogP contribution in [0.25, 0.3) is 0 Å². The molecule has 0 spiro atoms. The van der Waals surface area contributed by atoms with Crippen molar-refractivity contribution in [1.29, 1.82) is 0 Å². The minimum Gasteiger partial charge on any atom is -0.790 e. The van der Waals surface area contributed by atoms with E-state index in [9.17, 15) is 0 Å². The first kappa shape index (κ1) is 97.6. The Bertz CT molecular complexity index is 56.2. The zero-order chi connectivity index (χ0) is 4.50. The van der Waals surface area contributed by atoms with Crippen LogP contribution in [0.3, 0.4) is 0 Å². The van der Waals surface area contributed by atoms with Gasteiger partial charge in [-0.1, -0.05) is 0 Å². The van der Waals surface area contributed by atoms with Crippen molar-refractivity contribution in [3.8, 4) is 0 Å². The second kappa shape index (κ2) is 38.5. The van der Waals surface area contributed by atoms with Crippen LogP contribution in [0.15, 0.2) is 0 Å². The summed E-state index contributed by atoms with van der Waals surface area (Å²) in [7, 11) is -5.14. The van der Waals surface area contributed by atoms with Gasteiger partial charge in [0.15, 0.2) is 0 Å². The standard InChI is InChI=1S/Na.H3O4P.7H2O/c;1-5(2,3)4;;;;;;;/h;(H3,1,2,3,4);7*1H2/q+1;;;;;;;;/p-2. The van der Waals surface area contributed by atoms with E-state index in [0.29, 0.717) is 0 Å². The second-order valence-electron chi connectivity index (χ2n) is 0.469. The van der Waals surface area contributed by atoms with Crippen molar-refractivity contribution in [1.82, 2.24) is 0 Å². The van der Waals surface area contributed by atoms with Crippen molar-refractivity contribution in [2.24, 2.45) is 0 Å². The van der Waals surface area contributed by atoms with Crippen LogP contribution in [0.2, 0.25) is 0 Å². The van der Waals surface area contributed by atoms with Gasteiger partial charge >= 0.3 is 29.6 Å². The third kappa shape index (κ3) is 2180. The van der Waals surface area contributed by atoms with E-state index in [1.807, 2.05) is 0 Å². The Balaban J connectivity index is -0.00000000286. The normalized spacial score (nSPS) is 4.54. The molecule has 0 aliphatic heterocycles. The Morgan fingerprint density at radius 3 is 0.769 bits per heavy atom. The van der Waals surface area contributed by atoms with E-state index in [0.717, 1.165) is 0 Å². The molecule has 0 fully saturated rings. The van der Waals surface area contributed by atoms with E-state index in [1.165, 1.54) is 0 Å². The predicted octanol–water partition coefficient (Wildman–Crippen LogP) is -11.0. The molecule has 0 aromatic carbocycles. The molecule has 0 heterocycles. The Morgan fingerprint density at radius 1 is 0.769 bits per heavy atom. The van der Waals surface area contributed by atoms with Crippen molar-refractivity contribution < 1.29 is 87.1 Å². The minimum atomic E-state index is -5.14. The van der Waals surface area contributed by atoms with E-state index >= 15 is 0 Å². The second-order valence-corrected chi connectivity index (χ2v) is 1.41. The number of hydrogen-bond donors (Lipinski definition) is 1. The van der Waals surface area contributed by atoms with Crippen LogP contribution in [0, 0.1) is 0 Å². The summed E-state index contributed by atoms with van der Waals surface area (Å²) in [6.45, 7) is 0. The third-order valence-electron chi connectivity index (χ3n) is 0. The van der Waals surface area contributed by atoms with Gasteiger partial charge in [0, 0.05) is 0 Å². The van der Waals surface area contributed by atoms with Crippen LogP contribution < -0.4 is 39.3 Å². The maximum atomic E-state index is 8.66. The minimum absolute atomic E-state index is 0. The van der Waals surface area contributed by atoms with Crippen LogP contribution in [0.1, 0.15) is 0 Å². The van der Waals surface area contributed by atoms with Crippen molar-refractivity contribution in [3.63, 3.8) is 0 Å². The maximum Gasteiger partial charge on any atom is 1.00 e. The molecule has 0 aliphatic carbocycles. The van der Waals surface area contributed by atoms with E-state index in [2.05, 4.69) is 0 Å². The average molecular weight is 245 g/mol. The molecule has 0 saturated carbocycles. The molecule has 15 N–H and O–H groups in total. The monoisotopic (exact) mass is 245 g/mol. The van der Waals surface area contributed by atoms with Gasteiger partial charge in [-0.25, -0.2) is 0 Å². The molecule has 0 unspecified atom stereocenters.